The van der Waals surface area contributed by atoms with Crippen molar-refractivity contribution in [3.8, 4) is 6.07 Å². The number of hydrogen-bond acceptors (Lipinski definition) is 3. The molecule has 2 rings (SSSR count). The quantitative estimate of drug-likeness (QED) is 0.922. The van der Waals surface area contributed by atoms with E-state index in [1.165, 1.54) is 0 Å². The highest BCUT2D eigenvalue weighted by Gasteiger charge is 2.47. The smallest absolute Gasteiger partial charge is 0.342 e. The number of aromatic nitrogens is 1. The predicted octanol–water partition coefficient (Wildman–Crippen LogP) is 1.93. The van der Waals surface area contributed by atoms with Gasteiger partial charge in [0.1, 0.15) is 17.8 Å². The Morgan fingerprint density at radius 2 is 2.17 bits per heavy atom. The number of carbonyl (C=O) groups excluding carboxylic acids is 1. The second-order valence-electron chi connectivity index (χ2n) is 5.84. The van der Waals surface area contributed by atoms with E-state index in [4.69, 9.17) is 5.26 Å². The van der Waals surface area contributed by atoms with Crippen LogP contribution in [0.3, 0.4) is 0 Å². The maximum Gasteiger partial charge on any atom is 0.408 e. The van der Waals surface area contributed by atoms with E-state index in [9.17, 15) is 18.0 Å². The van der Waals surface area contributed by atoms with E-state index >= 15 is 0 Å². The van der Waals surface area contributed by atoms with Crippen molar-refractivity contribution in [2.45, 2.75) is 44.6 Å². The number of amides is 1. The maximum absolute atomic E-state index is 13.0. The first-order chi connectivity index (χ1) is 10.7. The fraction of sp³-hybridized carbons (Fsp3) is 0.600. The maximum atomic E-state index is 13.0. The number of alkyl halides is 3. The summed E-state index contributed by atoms with van der Waals surface area (Å²) in [7, 11) is 1.76. The van der Waals surface area contributed by atoms with Gasteiger partial charge in [0.05, 0.1) is 0 Å². The third-order valence-electron chi connectivity index (χ3n) is 4.14. The third-order valence-corrected chi connectivity index (χ3v) is 4.14. The Balaban J connectivity index is 1.97. The molecule has 1 aromatic rings. The van der Waals surface area contributed by atoms with Crippen molar-refractivity contribution in [2.75, 3.05) is 6.54 Å². The lowest BCUT2D eigenvalue weighted by Crippen LogP contribution is -2.56. The van der Waals surface area contributed by atoms with Crippen LogP contribution in [0, 0.1) is 11.3 Å². The van der Waals surface area contributed by atoms with Gasteiger partial charge in [-0.3, -0.25) is 4.79 Å². The highest BCUT2D eigenvalue weighted by Crippen LogP contribution is 2.32. The van der Waals surface area contributed by atoms with Gasteiger partial charge < -0.3 is 14.8 Å². The van der Waals surface area contributed by atoms with Crippen LogP contribution in [-0.2, 0) is 18.4 Å². The molecule has 0 aromatic carbocycles. The van der Waals surface area contributed by atoms with Gasteiger partial charge in [-0.05, 0) is 24.5 Å². The molecule has 2 unspecified atom stereocenters. The SMILES string of the molecule is CC(=O)N1CC(NCc2cc(C#N)n(C)c2)CCC1C(F)(F)F. The number of halogens is 3. The van der Waals surface area contributed by atoms with E-state index in [1.54, 1.807) is 23.9 Å². The molecular weight excluding hydrogens is 309 g/mol. The van der Waals surface area contributed by atoms with Crippen molar-refractivity contribution in [3.63, 3.8) is 0 Å². The van der Waals surface area contributed by atoms with Gasteiger partial charge in [-0.2, -0.15) is 18.4 Å². The molecule has 0 aliphatic carbocycles. The Labute approximate surface area is 132 Å². The number of piperidine rings is 1. The summed E-state index contributed by atoms with van der Waals surface area (Å²) < 4.78 is 40.6. The lowest BCUT2D eigenvalue weighted by Gasteiger charge is -2.40. The fourth-order valence-electron chi connectivity index (χ4n) is 2.93. The average molecular weight is 328 g/mol. The second-order valence-corrected chi connectivity index (χ2v) is 5.84. The number of likely N-dealkylation sites (tertiary alicyclic amines) is 1. The van der Waals surface area contributed by atoms with Gasteiger partial charge in [0.2, 0.25) is 5.91 Å². The van der Waals surface area contributed by atoms with Gasteiger partial charge in [0.25, 0.3) is 0 Å². The van der Waals surface area contributed by atoms with Crippen LogP contribution in [0.15, 0.2) is 12.3 Å². The van der Waals surface area contributed by atoms with Crippen LogP contribution in [-0.4, -0.2) is 40.2 Å². The summed E-state index contributed by atoms with van der Waals surface area (Å²) in [5.74, 6) is -0.565. The number of nitrogens with one attached hydrogen (secondary N) is 1. The molecule has 1 fully saturated rings. The lowest BCUT2D eigenvalue weighted by molar-refractivity contribution is -0.196. The molecule has 1 saturated heterocycles. The summed E-state index contributed by atoms with van der Waals surface area (Å²) in [6.07, 6.45) is -2.34. The summed E-state index contributed by atoms with van der Waals surface area (Å²) in [5.41, 5.74) is 1.41. The Morgan fingerprint density at radius 1 is 1.48 bits per heavy atom. The number of nitrogens with zero attached hydrogens (tertiary/aromatic N) is 3. The normalized spacial score (nSPS) is 22.0. The van der Waals surface area contributed by atoms with Crippen molar-refractivity contribution < 1.29 is 18.0 Å². The largest absolute Gasteiger partial charge is 0.408 e. The molecule has 1 amide bonds. The average Bonchev–Trinajstić information content (AvgIpc) is 2.84. The van der Waals surface area contributed by atoms with Crippen molar-refractivity contribution in [3.05, 3.63) is 23.5 Å². The van der Waals surface area contributed by atoms with Gasteiger partial charge in [0.15, 0.2) is 0 Å². The van der Waals surface area contributed by atoms with Gasteiger partial charge >= 0.3 is 6.18 Å². The Morgan fingerprint density at radius 3 is 2.70 bits per heavy atom. The topological polar surface area (TPSA) is 61.1 Å². The van der Waals surface area contributed by atoms with Crippen LogP contribution >= 0.6 is 0 Å². The number of nitriles is 1. The van der Waals surface area contributed by atoms with Gasteiger partial charge in [-0.25, -0.2) is 0 Å². The van der Waals surface area contributed by atoms with E-state index in [-0.39, 0.29) is 19.0 Å². The Kier molecular flexibility index (Phi) is 5.00. The van der Waals surface area contributed by atoms with Crippen LogP contribution in [0.2, 0.25) is 0 Å². The predicted molar refractivity (Wildman–Crippen MR) is 77.2 cm³/mol. The van der Waals surface area contributed by atoms with Crippen LogP contribution in [0.5, 0.6) is 0 Å². The van der Waals surface area contributed by atoms with E-state index < -0.39 is 18.1 Å². The minimum Gasteiger partial charge on any atom is -0.342 e. The third kappa shape index (κ3) is 4.05. The van der Waals surface area contributed by atoms with E-state index in [0.717, 1.165) is 17.4 Å². The van der Waals surface area contributed by atoms with E-state index in [0.29, 0.717) is 18.7 Å². The van der Waals surface area contributed by atoms with Crippen LogP contribution in [0.4, 0.5) is 13.2 Å². The minimum atomic E-state index is -4.39. The van der Waals surface area contributed by atoms with Gasteiger partial charge in [-0.1, -0.05) is 0 Å². The zero-order chi connectivity index (χ0) is 17.2. The second kappa shape index (κ2) is 6.62. The first-order valence-electron chi connectivity index (χ1n) is 7.35. The molecule has 0 radical (unpaired) electrons. The standard InChI is InChI=1S/C15H19F3N4O/c1-10(23)22-9-12(3-4-14(22)15(16,17)18)20-7-11-5-13(6-19)21(2)8-11/h5,8,12,14,20H,3-4,7,9H2,1-2H3. The van der Waals surface area contributed by atoms with Gasteiger partial charge in [0, 0.05) is 39.3 Å². The molecule has 2 atom stereocenters. The molecular formula is C15H19F3N4O. The number of aryl methyl sites for hydroxylation is 1. The van der Waals surface area contributed by atoms with Crippen LogP contribution < -0.4 is 5.32 Å². The molecule has 126 valence electrons. The summed E-state index contributed by atoms with van der Waals surface area (Å²) >= 11 is 0. The van der Waals surface area contributed by atoms with Gasteiger partial charge in [-0.15, -0.1) is 0 Å². The van der Waals surface area contributed by atoms with E-state index in [2.05, 4.69) is 11.4 Å². The molecule has 1 aromatic heterocycles. The van der Waals surface area contributed by atoms with Crippen molar-refractivity contribution in [2.24, 2.45) is 7.05 Å². The monoisotopic (exact) mass is 328 g/mol. The molecule has 1 aliphatic rings. The number of hydrogen-bond donors (Lipinski definition) is 1. The van der Waals surface area contributed by atoms with E-state index in [1.807, 2.05) is 0 Å². The van der Waals surface area contributed by atoms with Crippen molar-refractivity contribution in [1.82, 2.24) is 14.8 Å². The Bertz CT molecular complexity index is 617. The number of carbonyl (C=O) groups is 1. The highest BCUT2D eigenvalue weighted by atomic mass is 19.4. The molecule has 0 spiro atoms. The molecule has 23 heavy (non-hydrogen) atoms. The highest BCUT2D eigenvalue weighted by molar-refractivity contribution is 5.74. The molecule has 1 N–H and O–H groups in total. The zero-order valence-corrected chi connectivity index (χ0v) is 13.0. The Hall–Kier alpha value is -2.01. The molecule has 0 bridgehead atoms. The molecule has 2 heterocycles. The minimum absolute atomic E-state index is 0.0391. The molecule has 1 aliphatic heterocycles. The number of rotatable bonds is 3. The van der Waals surface area contributed by atoms with Crippen molar-refractivity contribution in [1.29, 1.82) is 5.26 Å². The molecule has 8 heteroatoms. The first kappa shape index (κ1) is 17.3. The summed E-state index contributed by atoms with van der Waals surface area (Å²) in [6.45, 7) is 1.65. The first-order valence-corrected chi connectivity index (χ1v) is 7.35. The van der Waals surface area contributed by atoms with Crippen LogP contribution in [0.1, 0.15) is 31.0 Å². The lowest BCUT2D eigenvalue weighted by atomic mass is 9.97. The summed E-state index contributed by atoms with van der Waals surface area (Å²) in [4.78, 5) is 12.4. The summed E-state index contributed by atoms with van der Waals surface area (Å²) in [6, 6.07) is 1.90. The fourth-order valence-corrected chi connectivity index (χ4v) is 2.93. The zero-order valence-electron chi connectivity index (χ0n) is 13.0. The summed E-state index contributed by atoms with van der Waals surface area (Å²) in [5, 5.41) is 12.1. The van der Waals surface area contributed by atoms with Crippen LogP contribution in [0.25, 0.3) is 0 Å². The molecule has 0 saturated carbocycles. The van der Waals surface area contributed by atoms with Crippen molar-refractivity contribution >= 4 is 5.91 Å². The molecule has 5 nitrogen and oxygen atoms in total.